The van der Waals surface area contributed by atoms with Gasteiger partial charge in [0.25, 0.3) is 0 Å². The highest BCUT2D eigenvalue weighted by atomic mass is 32.1. The summed E-state index contributed by atoms with van der Waals surface area (Å²) in [5.74, 6) is 0.148. The second-order valence-electron chi connectivity index (χ2n) is 6.32. The lowest BCUT2D eigenvalue weighted by molar-refractivity contribution is -0.155. The van der Waals surface area contributed by atoms with Gasteiger partial charge in [0, 0.05) is 6.54 Å². The fraction of sp³-hybridized carbons (Fsp3) is 0.625. The zero-order valence-electron chi connectivity index (χ0n) is 13.2. The number of nitrogens with zero attached hydrogens (tertiary/aromatic N) is 1. The smallest absolute Gasteiger partial charge is 0.248 e. The Hall–Kier alpha value is -1.36. The van der Waals surface area contributed by atoms with E-state index < -0.39 is 5.54 Å². The van der Waals surface area contributed by atoms with E-state index in [4.69, 9.17) is 0 Å². The Bertz CT molecular complexity index is 510. The van der Waals surface area contributed by atoms with E-state index in [1.165, 1.54) is 5.56 Å². The van der Waals surface area contributed by atoms with Crippen LogP contribution in [0.4, 0.5) is 0 Å². The van der Waals surface area contributed by atoms with E-state index in [2.05, 4.69) is 23.7 Å². The van der Waals surface area contributed by atoms with Crippen molar-refractivity contribution in [3.8, 4) is 0 Å². The number of piperazine rings is 1. The molecule has 1 aromatic rings. The molecule has 2 heterocycles. The van der Waals surface area contributed by atoms with E-state index in [0.717, 1.165) is 12.8 Å². The molecule has 1 fully saturated rings. The van der Waals surface area contributed by atoms with E-state index in [9.17, 15) is 9.59 Å². The van der Waals surface area contributed by atoms with Crippen molar-refractivity contribution < 1.29 is 9.59 Å². The predicted molar refractivity (Wildman–Crippen MR) is 85.2 cm³/mol. The normalized spacial score (nSPS) is 23.0. The van der Waals surface area contributed by atoms with Crippen LogP contribution in [0.15, 0.2) is 16.8 Å². The van der Waals surface area contributed by atoms with Crippen LogP contribution in [0.3, 0.4) is 0 Å². The first-order valence-corrected chi connectivity index (χ1v) is 8.45. The SMILES string of the molecule is CCC(C)C1C(=O)NC(C)(C)C(=O)N1CCc1ccsc1. The van der Waals surface area contributed by atoms with Gasteiger partial charge in [0.2, 0.25) is 11.8 Å². The minimum atomic E-state index is -0.810. The zero-order chi connectivity index (χ0) is 15.6. The van der Waals surface area contributed by atoms with Crippen molar-refractivity contribution >= 4 is 23.2 Å². The lowest BCUT2D eigenvalue weighted by Gasteiger charge is -2.45. The third kappa shape index (κ3) is 3.28. The van der Waals surface area contributed by atoms with E-state index in [0.29, 0.717) is 6.54 Å². The van der Waals surface area contributed by atoms with Crippen molar-refractivity contribution in [1.82, 2.24) is 10.2 Å². The predicted octanol–water partition coefficient (Wildman–Crippen LogP) is 2.44. The quantitative estimate of drug-likeness (QED) is 0.908. The standard InChI is InChI=1S/C16H24N2O2S/c1-5-11(2)13-14(19)17-16(3,4)15(20)18(13)8-6-12-7-9-21-10-12/h7,9-11,13H,5-6,8H2,1-4H3,(H,17,19). The molecule has 2 amide bonds. The van der Waals surface area contributed by atoms with Crippen molar-refractivity contribution in [2.45, 2.75) is 52.1 Å². The summed E-state index contributed by atoms with van der Waals surface area (Å²) >= 11 is 1.66. The molecule has 4 nitrogen and oxygen atoms in total. The van der Waals surface area contributed by atoms with Gasteiger partial charge in [-0.3, -0.25) is 9.59 Å². The summed E-state index contributed by atoms with van der Waals surface area (Å²) in [6.07, 6.45) is 1.67. The minimum absolute atomic E-state index is 0.0163. The molecule has 1 saturated heterocycles. The van der Waals surface area contributed by atoms with E-state index in [-0.39, 0.29) is 23.8 Å². The van der Waals surface area contributed by atoms with Crippen LogP contribution in [0.1, 0.15) is 39.7 Å². The highest BCUT2D eigenvalue weighted by Crippen LogP contribution is 2.25. The first kappa shape index (κ1) is 16.0. The number of hydrogen-bond acceptors (Lipinski definition) is 3. The van der Waals surface area contributed by atoms with Gasteiger partial charge in [0.15, 0.2) is 0 Å². The van der Waals surface area contributed by atoms with Crippen molar-refractivity contribution in [2.24, 2.45) is 5.92 Å². The Labute approximate surface area is 130 Å². The summed E-state index contributed by atoms with van der Waals surface area (Å²) in [7, 11) is 0. The number of hydrogen-bond donors (Lipinski definition) is 1. The maximum atomic E-state index is 12.7. The van der Waals surface area contributed by atoms with Gasteiger partial charge in [0.1, 0.15) is 11.6 Å². The molecule has 116 valence electrons. The summed E-state index contributed by atoms with van der Waals surface area (Å²) < 4.78 is 0. The number of carbonyl (C=O) groups is 2. The molecular weight excluding hydrogens is 284 g/mol. The van der Waals surface area contributed by atoms with Crippen molar-refractivity contribution in [3.05, 3.63) is 22.4 Å². The first-order chi connectivity index (χ1) is 9.86. The Morgan fingerprint density at radius 3 is 2.71 bits per heavy atom. The summed E-state index contributed by atoms with van der Waals surface area (Å²) in [6, 6.07) is 1.72. The fourth-order valence-corrected chi connectivity index (χ4v) is 3.48. The molecule has 0 saturated carbocycles. The van der Waals surface area contributed by atoms with Crippen LogP contribution in [0.5, 0.6) is 0 Å². The largest absolute Gasteiger partial charge is 0.340 e. The maximum Gasteiger partial charge on any atom is 0.248 e. The second-order valence-corrected chi connectivity index (χ2v) is 7.10. The van der Waals surface area contributed by atoms with Crippen LogP contribution in [0.2, 0.25) is 0 Å². The lowest BCUT2D eigenvalue weighted by Crippen LogP contribution is -2.69. The molecule has 1 aliphatic heterocycles. The van der Waals surface area contributed by atoms with Crippen molar-refractivity contribution in [2.75, 3.05) is 6.54 Å². The van der Waals surface area contributed by atoms with Gasteiger partial charge >= 0.3 is 0 Å². The molecule has 0 spiro atoms. The van der Waals surface area contributed by atoms with Crippen LogP contribution < -0.4 is 5.32 Å². The van der Waals surface area contributed by atoms with Crippen LogP contribution in [0, 0.1) is 5.92 Å². The zero-order valence-corrected chi connectivity index (χ0v) is 14.0. The molecule has 0 radical (unpaired) electrons. The molecule has 21 heavy (non-hydrogen) atoms. The van der Waals surface area contributed by atoms with E-state index >= 15 is 0 Å². The van der Waals surface area contributed by atoms with Gasteiger partial charge in [-0.1, -0.05) is 20.3 Å². The molecule has 0 aliphatic carbocycles. The molecule has 1 aliphatic rings. The highest BCUT2D eigenvalue weighted by Gasteiger charge is 2.46. The fourth-order valence-electron chi connectivity index (χ4n) is 2.78. The molecule has 0 aromatic carbocycles. The van der Waals surface area contributed by atoms with Gasteiger partial charge in [-0.25, -0.2) is 0 Å². The Kier molecular flexibility index (Phi) is 4.71. The topological polar surface area (TPSA) is 49.4 Å². The van der Waals surface area contributed by atoms with Crippen LogP contribution in [-0.4, -0.2) is 34.8 Å². The number of nitrogens with one attached hydrogen (secondary N) is 1. The van der Waals surface area contributed by atoms with Gasteiger partial charge in [-0.15, -0.1) is 0 Å². The third-order valence-electron chi connectivity index (χ3n) is 4.24. The molecule has 1 aromatic heterocycles. The number of carbonyl (C=O) groups excluding carboxylic acids is 2. The lowest BCUT2D eigenvalue weighted by atomic mass is 9.89. The minimum Gasteiger partial charge on any atom is -0.340 e. The van der Waals surface area contributed by atoms with E-state index in [1.54, 1.807) is 30.1 Å². The summed E-state index contributed by atoms with van der Waals surface area (Å²) in [5.41, 5.74) is 0.412. The molecule has 5 heteroatoms. The maximum absolute atomic E-state index is 12.7. The average Bonchev–Trinajstić information content (AvgIpc) is 2.93. The number of amides is 2. The van der Waals surface area contributed by atoms with Crippen LogP contribution >= 0.6 is 11.3 Å². The Morgan fingerprint density at radius 2 is 2.14 bits per heavy atom. The van der Waals surface area contributed by atoms with Crippen molar-refractivity contribution in [1.29, 1.82) is 0 Å². The van der Waals surface area contributed by atoms with Gasteiger partial charge in [0.05, 0.1) is 0 Å². The Morgan fingerprint density at radius 1 is 1.43 bits per heavy atom. The highest BCUT2D eigenvalue weighted by molar-refractivity contribution is 7.07. The summed E-state index contributed by atoms with van der Waals surface area (Å²) in [5, 5.41) is 7.00. The number of thiophene rings is 1. The molecule has 2 rings (SSSR count). The van der Waals surface area contributed by atoms with Gasteiger partial charge < -0.3 is 10.2 Å². The monoisotopic (exact) mass is 308 g/mol. The molecule has 2 atom stereocenters. The average molecular weight is 308 g/mol. The van der Waals surface area contributed by atoms with Crippen molar-refractivity contribution in [3.63, 3.8) is 0 Å². The summed E-state index contributed by atoms with van der Waals surface area (Å²) in [4.78, 5) is 26.9. The molecule has 0 bridgehead atoms. The van der Waals surface area contributed by atoms with E-state index in [1.807, 2.05) is 12.3 Å². The number of rotatable bonds is 5. The molecular formula is C16H24N2O2S. The van der Waals surface area contributed by atoms with Crippen LogP contribution in [0.25, 0.3) is 0 Å². The van der Waals surface area contributed by atoms with Gasteiger partial charge in [-0.2, -0.15) is 11.3 Å². The molecule has 2 unspecified atom stereocenters. The summed E-state index contributed by atoms with van der Waals surface area (Å²) in [6.45, 7) is 8.24. The molecule has 1 N–H and O–H groups in total. The Balaban J connectivity index is 2.20. The third-order valence-corrected chi connectivity index (χ3v) is 4.97. The van der Waals surface area contributed by atoms with Crippen LogP contribution in [-0.2, 0) is 16.0 Å². The van der Waals surface area contributed by atoms with Gasteiger partial charge in [-0.05, 0) is 48.6 Å². The first-order valence-electron chi connectivity index (χ1n) is 7.51. The second kappa shape index (κ2) is 6.18.